The van der Waals surface area contributed by atoms with Gasteiger partial charge in [-0.25, -0.2) is 4.98 Å². The molecular formula is C14H17N3O2. The van der Waals surface area contributed by atoms with E-state index in [1.807, 2.05) is 25.1 Å². The lowest BCUT2D eigenvalue weighted by Gasteiger charge is -2.25. The minimum Gasteiger partial charge on any atom is -0.379 e. The number of carbonyl (C=O) groups is 1. The normalized spacial score (nSPS) is 16.9. The predicted molar refractivity (Wildman–Crippen MR) is 72.4 cm³/mol. The van der Waals surface area contributed by atoms with Crippen molar-refractivity contribution in [3.8, 4) is 0 Å². The Hall–Kier alpha value is -1.72. The van der Waals surface area contributed by atoms with E-state index < -0.39 is 0 Å². The lowest BCUT2D eigenvalue weighted by atomic mass is 10.1. The Morgan fingerprint density at radius 1 is 1.42 bits per heavy atom. The first kappa shape index (κ1) is 12.3. The first-order chi connectivity index (χ1) is 9.22. The summed E-state index contributed by atoms with van der Waals surface area (Å²) in [5.74, 6) is 1.02. The van der Waals surface area contributed by atoms with Crippen molar-refractivity contribution < 1.29 is 9.53 Å². The number of imidazole rings is 1. The molecule has 0 bridgehead atoms. The number of aromatic amines is 1. The number of benzene rings is 1. The van der Waals surface area contributed by atoms with Gasteiger partial charge in [0.15, 0.2) is 5.78 Å². The van der Waals surface area contributed by atoms with Gasteiger partial charge in [-0.15, -0.1) is 0 Å². The quantitative estimate of drug-likeness (QED) is 0.846. The second-order valence-corrected chi connectivity index (χ2v) is 4.87. The number of fused-ring (bicyclic) bond motifs is 1. The van der Waals surface area contributed by atoms with Crippen LogP contribution in [0.15, 0.2) is 18.2 Å². The number of Topliss-reactive ketones (excluding diaryl/α,β-unsaturated/α-hetero) is 1. The van der Waals surface area contributed by atoms with Gasteiger partial charge in [0.1, 0.15) is 5.82 Å². The third-order valence-corrected chi connectivity index (χ3v) is 3.39. The number of aryl methyl sites for hydroxylation is 1. The molecule has 0 aliphatic carbocycles. The van der Waals surface area contributed by atoms with Crippen LogP contribution in [0.3, 0.4) is 0 Å². The number of nitrogens with zero attached hydrogens (tertiary/aromatic N) is 2. The standard InChI is InChI=1S/C14H17N3O2/c1-10-15-12-3-2-11(8-13(12)16-10)14(18)9-17-4-6-19-7-5-17/h2-3,8H,4-7,9H2,1H3,(H,15,16). The molecule has 1 aliphatic rings. The lowest BCUT2D eigenvalue weighted by molar-refractivity contribution is 0.0371. The molecule has 2 aromatic rings. The van der Waals surface area contributed by atoms with Gasteiger partial charge in [-0.1, -0.05) is 0 Å². The van der Waals surface area contributed by atoms with Crippen molar-refractivity contribution in [2.45, 2.75) is 6.92 Å². The van der Waals surface area contributed by atoms with E-state index >= 15 is 0 Å². The van der Waals surface area contributed by atoms with Crippen molar-refractivity contribution in [2.75, 3.05) is 32.8 Å². The van der Waals surface area contributed by atoms with Crippen LogP contribution in [-0.4, -0.2) is 53.5 Å². The van der Waals surface area contributed by atoms with Crippen molar-refractivity contribution >= 4 is 16.8 Å². The van der Waals surface area contributed by atoms with Crippen molar-refractivity contribution in [3.63, 3.8) is 0 Å². The van der Waals surface area contributed by atoms with E-state index in [1.165, 1.54) is 0 Å². The number of morpholine rings is 1. The third kappa shape index (κ3) is 2.67. The van der Waals surface area contributed by atoms with Crippen molar-refractivity contribution in [3.05, 3.63) is 29.6 Å². The van der Waals surface area contributed by atoms with Gasteiger partial charge < -0.3 is 9.72 Å². The highest BCUT2D eigenvalue weighted by Crippen LogP contribution is 2.14. The first-order valence-corrected chi connectivity index (χ1v) is 6.52. The number of nitrogens with one attached hydrogen (secondary N) is 1. The van der Waals surface area contributed by atoms with Gasteiger partial charge in [0.25, 0.3) is 0 Å². The Bertz CT molecular complexity index is 600. The van der Waals surface area contributed by atoms with E-state index in [0.29, 0.717) is 19.8 Å². The zero-order chi connectivity index (χ0) is 13.2. The summed E-state index contributed by atoms with van der Waals surface area (Å²) in [4.78, 5) is 21.9. The number of hydrogen-bond donors (Lipinski definition) is 1. The van der Waals surface area contributed by atoms with E-state index in [-0.39, 0.29) is 5.78 Å². The highest BCUT2D eigenvalue weighted by molar-refractivity contribution is 6.00. The van der Waals surface area contributed by atoms with Crippen LogP contribution >= 0.6 is 0 Å². The van der Waals surface area contributed by atoms with Crippen molar-refractivity contribution in [1.82, 2.24) is 14.9 Å². The molecule has 0 spiro atoms. The van der Waals surface area contributed by atoms with Gasteiger partial charge in [-0.2, -0.15) is 0 Å². The monoisotopic (exact) mass is 259 g/mol. The number of aromatic nitrogens is 2. The molecular weight excluding hydrogens is 242 g/mol. The maximum absolute atomic E-state index is 12.2. The molecule has 1 fully saturated rings. The maximum atomic E-state index is 12.2. The highest BCUT2D eigenvalue weighted by Gasteiger charge is 2.16. The van der Waals surface area contributed by atoms with Crippen molar-refractivity contribution in [2.24, 2.45) is 0 Å². The van der Waals surface area contributed by atoms with E-state index in [1.54, 1.807) is 0 Å². The Morgan fingerprint density at radius 3 is 3.00 bits per heavy atom. The van der Waals surface area contributed by atoms with Crippen LogP contribution < -0.4 is 0 Å². The predicted octanol–water partition coefficient (Wildman–Crippen LogP) is 1.39. The van der Waals surface area contributed by atoms with E-state index in [0.717, 1.165) is 35.5 Å². The molecule has 0 unspecified atom stereocenters. The molecule has 1 aromatic heterocycles. The van der Waals surface area contributed by atoms with Crippen molar-refractivity contribution in [1.29, 1.82) is 0 Å². The van der Waals surface area contributed by atoms with Gasteiger partial charge in [-0.05, 0) is 25.1 Å². The fourth-order valence-electron chi connectivity index (χ4n) is 2.36. The summed E-state index contributed by atoms with van der Waals surface area (Å²) in [6.07, 6.45) is 0. The van der Waals surface area contributed by atoms with Gasteiger partial charge >= 0.3 is 0 Å². The van der Waals surface area contributed by atoms with Gasteiger partial charge in [0, 0.05) is 18.7 Å². The molecule has 2 heterocycles. The molecule has 0 amide bonds. The molecule has 5 heteroatoms. The van der Waals surface area contributed by atoms with Crippen LogP contribution in [0.1, 0.15) is 16.2 Å². The Kier molecular flexibility index (Phi) is 3.31. The number of H-pyrrole nitrogens is 1. The zero-order valence-electron chi connectivity index (χ0n) is 11.0. The largest absolute Gasteiger partial charge is 0.379 e. The van der Waals surface area contributed by atoms with E-state index in [2.05, 4.69) is 14.9 Å². The molecule has 0 atom stereocenters. The molecule has 0 radical (unpaired) electrons. The minimum absolute atomic E-state index is 0.149. The summed E-state index contributed by atoms with van der Waals surface area (Å²) in [6, 6.07) is 5.63. The molecule has 1 aliphatic heterocycles. The first-order valence-electron chi connectivity index (χ1n) is 6.52. The second-order valence-electron chi connectivity index (χ2n) is 4.87. The average molecular weight is 259 g/mol. The summed E-state index contributed by atoms with van der Waals surface area (Å²) >= 11 is 0. The zero-order valence-corrected chi connectivity index (χ0v) is 11.0. The van der Waals surface area contributed by atoms with Gasteiger partial charge in [-0.3, -0.25) is 9.69 Å². The number of carbonyl (C=O) groups excluding carboxylic acids is 1. The Morgan fingerprint density at radius 2 is 2.21 bits per heavy atom. The van der Waals surface area contributed by atoms with Crippen LogP contribution in [0.4, 0.5) is 0 Å². The summed E-state index contributed by atoms with van der Waals surface area (Å²) in [5.41, 5.74) is 2.56. The second kappa shape index (κ2) is 5.11. The van der Waals surface area contributed by atoms with Crippen LogP contribution in [0.2, 0.25) is 0 Å². The van der Waals surface area contributed by atoms with Gasteiger partial charge in [0.05, 0.1) is 30.8 Å². The number of ether oxygens (including phenoxy) is 1. The van der Waals surface area contributed by atoms with E-state index in [4.69, 9.17) is 4.74 Å². The van der Waals surface area contributed by atoms with Crippen LogP contribution in [0.25, 0.3) is 11.0 Å². The minimum atomic E-state index is 0.149. The Labute approximate surface area is 111 Å². The molecule has 1 N–H and O–H groups in total. The topological polar surface area (TPSA) is 58.2 Å². The molecule has 19 heavy (non-hydrogen) atoms. The summed E-state index contributed by atoms with van der Waals surface area (Å²) in [7, 11) is 0. The molecule has 1 saturated heterocycles. The number of hydrogen-bond acceptors (Lipinski definition) is 4. The fraction of sp³-hybridized carbons (Fsp3) is 0.429. The van der Waals surface area contributed by atoms with Crippen LogP contribution in [0, 0.1) is 6.92 Å². The molecule has 1 aromatic carbocycles. The smallest absolute Gasteiger partial charge is 0.176 e. The SMILES string of the molecule is Cc1nc2ccc(C(=O)CN3CCOCC3)cc2[nH]1. The third-order valence-electron chi connectivity index (χ3n) is 3.39. The Balaban J connectivity index is 1.76. The highest BCUT2D eigenvalue weighted by atomic mass is 16.5. The number of rotatable bonds is 3. The fourth-order valence-corrected chi connectivity index (χ4v) is 2.36. The molecule has 0 saturated carbocycles. The average Bonchev–Trinajstić information content (AvgIpc) is 2.78. The van der Waals surface area contributed by atoms with E-state index in [9.17, 15) is 4.79 Å². The maximum Gasteiger partial charge on any atom is 0.176 e. The molecule has 5 nitrogen and oxygen atoms in total. The number of ketones is 1. The molecule has 3 rings (SSSR count). The van der Waals surface area contributed by atoms with Gasteiger partial charge in [0.2, 0.25) is 0 Å². The molecule has 100 valence electrons. The summed E-state index contributed by atoms with van der Waals surface area (Å²) in [6.45, 7) is 5.46. The summed E-state index contributed by atoms with van der Waals surface area (Å²) in [5, 5.41) is 0. The van der Waals surface area contributed by atoms with Crippen LogP contribution in [-0.2, 0) is 4.74 Å². The lowest BCUT2D eigenvalue weighted by Crippen LogP contribution is -2.39. The summed E-state index contributed by atoms with van der Waals surface area (Å²) < 4.78 is 5.28. The van der Waals surface area contributed by atoms with Crippen LogP contribution in [0.5, 0.6) is 0 Å².